The third kappa shape index (κ3) is 7.83. The zero-order valence-corrected chi connectivity index (χ0v) is 30.5. The van der Waals surface area contributed by atoms with E-state index in [9.17, 15) is 33.0 Å². The number of aromatic nitrogens is 1. The number of aryl methyl sites for hydroxylation is 1. The number of nitrogens with one attached hydrogen (secondary N) is 3. The van der Waals surface area contributed by atoms with Gasteiger partial charge in [-0.2, -0.15) is 13.5 Å². The number of amides is 2. The summed E-state index contributed by atoms with van der Waals surface area (Å²) in [5, 5.41) is 40.0. The molecule has 5 rings (SSSR count). The van der Waals surface area contributed by atoms with Gasteiger partial charge in [-0.25, -0.2) is 9.78 Å². The van der Waals surface area contributed by atoms with Crippen molar-refractivity contribution in [1.29, 1.82) is 5.41 Å². The number of carbonyl (C=O) groups is 3. The first kappa shape index (κ1) is 38.8. The number of aliphatic hydroxyl groups excluding tert-OH is 1. The number of benzene rings is 1. The van der Waals surface area contributed by atoms with Crippen molar-refractivity contribution in [3.8, 4) is 5.75 Å². The van der Waals surface area contributed by atoms with E-state index in [1.807, 2.05) is 6.92 Å². The largest absolute Gasteiger partial charge is 0.485 e. The van der Waals surface area contributed by atoms with Gasteiger partial charge in [-0.1, -0.05) is 5.16 Å². The van der Waals surface area contributed by atoms with E-state index >= 15 is 0 Å². The number of β-lactam (4-membered cyclic amide) rings is 1. The average Bonchev–Trinajstić information content (AvgIpc) is 3.51. The van der Waals surface area contributed by atoms with Crippen LogP contribution in [0.15, 0.2) is 28.7 Å². The van der Waals surface area contributed by atoms with Crippen LogP contribution in [0.25, 0.3) is 0 Å². The number of nitrogens with zero attached hydrogens (tertiary/aromatic N) is 3. The van der Waals surface area contributed by atoms with Crippen molar-refractivity contribution in [2.45, 2.75) is 101 Å². The molecule has 0 spiro atoms. The number of nitrogen functional groups attached to an aromatic ring is 1. The Morgan fingerprint density at radius 1 is 1.25 bits per heavy atom. The first-order chi connectivity index (χ1) is 24.1. The number of aliphatic hydroxyl groups is 1. The molecule has 3 aliphatic rings. The molecule has 284 valence electrons. The lowest BCUT2D eigenvalue weighted by Gasteiger charge is -2.50. The second-order valence-corrected chi connectivity index (χ2v) is 16.2. The number of aliphatic carboxylic acids is 1. The normalized spacial score (nSPS) is 26.9. The van der Waals surface area contributed by atoms with Crippen LogP contribution in [0.3, 0.4) is 0 Å². The fourth-order valence-electron chi connectivity index (χ4n) is 6.28. The number of hydrogen-bond acceptors (Lipinski definition) is 15. The van der Waals surface area contributed by atoms with Crippen molar-refractivity contribution in [3.05, 3.63) is 40.4 Å². The Morgan fingerprint density at radius 2 is 1.92 bits per heavy atom. The maximum atomic E-state index is 13.5. The van der Waals surface area contributed by atoms with Crippen LogP contribution in [0.4, 0.5) is 5.13 Å². The number of carboxylic acid groups (broad SMARTS) is 1. The fourth-order valence-corrected chi connectivity index (χ4v) is 7.29. The second kappa shape index (κ2) is 13.9. The topological polar surface area (TPSA) is 302 Å². The van der Waals surface area contributed by atoms with Crippen LogP contribution < -0.4 is 26.8 Å². The molecule has 2 fully saturated rings. The summed E-state index contributed by atoms with van der Waals surface area (Å²) in [6.45, 7) is 5.88. The predicted molar refractivity (Wildman–Crippen MR) is 186 cm³/mol. The highest BCUT2D eigenvalue weighted by Crippen LogP contribution is 2.37. The maximum absolute atomic E-state index is 13.5. The summed E-state index contributed by atoms with van der Waals surface area (Å²) < 4.78 is 41.8. The van der Waals surface area contributed by atoms with Gasteiger partial charge in [-0.15, -0.1) is 15.6 Å². The maximum Gasteiger partial charge on any atom is 0.418 e. The quantitative estimate of drug-likeness (QED) is 0.0479. The smallest absolute Gasteiger partial charge is 0.418 e. The van der Waals surface area contributed by atoms with Gasteiger partial charge in [-0.3, -0.25) is 19.6 Å². The molecule has 2 amide bonds. The summed E-state index contributed by atoms with van der Waals surface area (Å²) in [6.07, 6.45) is 2.01. The Labute approximate surface area is 303 Å². The summed E-state index contributed by atoms with van der Waals surface area (Å²) in [5.74, 6) is -2.92. The van der Waals surface area contributed by atoms with E-state index in [0.29, 0.717) is 48.5 Å². The third-order valence-electron chi connectivity index (χ3n) is 9.85. The molecule has 52 heavy (non-hydrogen) atoms. The number of nitrogens with two attached hydrogens (primary N) is 2. The molecule has 19 nitrogen and oxygen atoms in total. The van der Waals surface area contributed by atoms with Crippen LogP contribution >= 0.6 is 11.3 Å². The van der Waals surface area contributed by atoms with Crippen molar-refractivity contribution < 1.29 is 51.4 Å². The number of ether oxygens (including phenoxy) is 1. The van der Waals surface area contributed by atoms with E-state index in [0.717, 1.165) is 16.9 Å². The number of hydroxylamine groups is 2. The molecule has 2 aliphatic heterocycles. The lowest BCUT2D eigenvalue weighted by molar-refractivity contribution is -0.218. The molecule has 1 aliphatic carbocycles. The van der Waals surface area contributed by atoms with Gasteiger partial charge in [0.05, 0.1) is 12.1 Å². The fraction of sp³-hybridized carbons (Fsp3) is 0.548. The molecule has 3 heterocycles. The summed E-state index contributed by atoms with van der Waals surface area (Å²) in [7, 11) is -5.04. The van der Waals surface area contributed by atoms with E-state index in [-0.39, 0.29) is 35.2 Å². The second-order valence-electron chi connectivity index (χ2n) is 14.3. The van der Waals surface area contributed by atoms with Gasteiger partial charge in [-0.05, 0) is 90.0 Å². The molecule has 10 N–H and O–H groups in total. The number of fused-ring (bicyclic) bond motifs is 1. The van der Waals surface area contributed by atoms with E-state index < -0.39 is 62.7 Å². The van der Waals surface area contributed by atoms with Gasteiger partial charge in [0, 0.05) is 22.0 Å². The van der Waals surface area contributed by atoms with Crippen molar-refractivity contribution in [1.82, 2.24) is 20.7 Å². The average molecular weight is 767 g/mol. The number of rotatable bonds is 12. The SMILES string of the molecule is CC1(NC(=N)c2ccc3c(c2)CC[C@H]([C@](C)(O/N=C(\C(=O)N[C@@H]2C(=O)N(OS(=O)(=O)O)C2(C)C)c2csc(N)n2)C(=O)O)O3)CCC(N)(CO)CC1. The zero-order valence-electron chi connectivity index (χ0n) is 28.8. The lowest BCUT2D eigenvalue weighted by atomic mass is 9.74. The van der Waals surface area contributed by atoms with Crippen LogP contribution in [-0.4, -0.2) is 104 Å². The minimum Gasteiger partial charge on any atom is -0.485 e. The van der Waals surface area contributed by atoms with Gasteiger partial charge < -0.3 is 41.9 Å². The molecular weight excluding hydrogens is 725 g/mol. The van der Waals surface area contributed by atoms with E-state index in [4.69, 9.17) is 31.0 Å². The zero-order chi connectivity index (χ0) is 38.4. The molecule has 1 aromatic heterocycles. The van der Waals surface area contributed by atoms with Gasteiger partial charge in [0.15, 0.2) is 16.9 Å². The minimum absolute atomic E-state index is 0.0475. The number of anilines is 1. The molecule has 1 aromatic carbocycles. The third-order valence-corrected chi connectivity index (χ3v) is 10.9. The van der Waals surface area contributed by atoms with E-state index in [2.05, 4.69) is 25.1 Å². The van der Waals surface area contributed by atoms with E-state index in [1.165, 1.54) is 26.2 Å². The standard InChI is InChI=1S/C31H42N8O11S2/c1-28(2)22(25(42)39(28)50-52(45,46)47)36-24(41)21(18-14-51-27(33)35-18)38-49-30(4,26(43)44)20-8-6-16-13-17(5-7-19(16)48-20)23(32)37-29(3)9-11-31(34,15-40)12-10-29/h5,7,13-14,20,22,40H,6,8-12,15,34H2,1-4H3,(H2,32,37)(H2,33,35)(H,36,41)(H,43,44)(H,45,46,47)/b38-21-/t20-,22-,29?,30+,31?/m1/s1. The van der Waals surface area contributed by atoms with Gasteiger partial charge >= 0.3 is 16.4 Å². The summed E-state index contributed by atoms with van der Waals surface area (Å²) in [4.78, 5) is 48.5. The molecular formula is C31H42N8O11S2. The Morgan fingerprint density at radius 3 is 2.48 bits per heavy atom. The highest BCUT2D eigenvalue weighted by atomic mass is 32.3. The molecule has 0 unspecified atom stereocenters. The van der Waals surface area contributed by atoms with Gasteiger partial charge in [0.25, 0.3) is 17.4 Å². The van der Waals surface area contributed by atoms with Crippen LogP contribution in [0.5, 0.6) is 5.75 Å². The molecule has 0 radical (unpaired) electrons. The Kier molecular flexibility index (Phi) is 10.3. The molecule has 1 saturated carbocycles. The summed E-state index contributed by atoms with van der Waals surface area (Å²) in [6, 6.07) is 3.77. The van der Waals surface area contributed by atoms with Crippen LogP contribution in [0, 0.1) is 5.41 Å². The van der Waals surface area contributed by atoms with Gasteiger partial charge in [0.1, 0.15) is 23.3 Å². The number of carbonyl (C=O) groups excluding carboxylic acids is 2. The molecule has 21 heteroatoms. The van der Waals surface area contributed by atoms with Crippen molar-refractivity contribution in [2.75, 3.05) is 12.3 Å². The monoisotopic (exact) mass is 766 g/mol. The highest BCUT2D eigenvalue weighted by Gasteiger charge is 2.58. The number of amidine groups is 1. The number of thiazole rings is 1. The number of hydrogen-bond donors (Lipinski definition) is 8. The molecule has 1 saturated heterocycles. The molecule has 3 atom stereocenters. The van der Waals surface area contributed by atoms with Crippen LogP contribution in [0.2, 0.25) is 0 Å². The van der Waals surface area contributed by atoms with Crippen molar-refractivity contribution in [2.24, 2.45) is 10.9 Å². The first-order valence-electron chi connectivity index (χ1n) is 16.2. The summed E-state index contributed by atoms with van der Waals surface area (Å²) in [5.41, 5.74) is 8.11. The number of carboxylic acids is 1. The Hall–Kier alpha value is -4.41. The first-order valence-corrected chi connectivity index (χ1v) is 18.4. The lowest BCUT2D eigenvalue weighted by Crippen LogP contribution is -2.76. The Bertz CT molecular complexity index is 1910. The van der Waals surface area contributed by atoms with Crippen LogP contribution in [-0.2, 0) is 40.3 Å². The minimum atomic E-state index is -5.04. The van der Waals surface area contributed by atoms with Crippen molar-refractivity contribution >= 4 is 56.2 Å². The molecule has 0 bridgehead atoms. The predicted octanol–water partition coefficient (Wildman–Crippen LogP) is 0.461. The van der Waals surface area contributed by atoms with Gasteiger partial charge in [0.2, 0.25) is 0 Å². The van der Waals surface area contributed by atoms with Crippen LogP contribution in [0.1, 0.15) is 76.6 Å². The van der Waals surface area contributed by atoms with E-state index in [1.54, 1.807) is 18.2 Å². The highest BCUT2D eigenvalue weighted by molar-refractivity contribution is 7.80. The Balaban J connectivity index is 1.31. The van der Waals surface area contributed by atoms with Crippen molar-refractivity contribution in [3.63, 3.8) is 0 Å². The molecule has 2 aromatic rings. The summed E-state index contributed by atoms with van der Waals surface area (Å²) >= 11 is 0.955. The number of oxime groups is 1.